The fourth-order valence-electron chi connectivity index (χ4n) is 3.89. The van der Waals surface area contributed by atoms with E-state index >= 15 is 0 Å². The van der Waals surface area contributed by atoms with Crippen LogP contribution in [0.5, 0.6) is 5.75 Å². The van der Waals surface area contributed by atoms with Crippen molar-refractivity contribution >= 4 is 17.9 Å². The summed E-state index contributed by atoms with van der Waals surface area (Å²) in [5.74, 6) is 0.275. The molecule has 0 spiro atoms. The van der Waals surface area contributed by atoms with Gasteiger partial charge in [-0.05, 0) is 63.5 Å². The first kappa shape index (κ1) is 21.1. The highest BCUT2D eigenvalue weighted by atomic mass is 16.6. The van der Waals surface area contributed by atoms with Gasteiger partial charge in [0.15, 0.2) is 11.5 Å². The average molecular weight is 429 g/mol. The summed E-state index contributed by atoms with van der Waals surface area (Å²) < 4.78 is 12.8. The summed E-state index contributed by atoms with van der Waals surface area (Å²) in [5.41, 5.74) is 0.951. The first-order valence-electron chi connectivity index (χ1n) is 10.6. The van der Waals surface area contributed by atoms with Crippen LogP contribution < -0.4 is 10.1 Å². The maximum Gasteiger partial charge on any atom is 0.413 e. The Balaban J connectivity index is 1.41. The smallest absolute Gasteiger partial charge is 0.413 e. The van der Waals surface area contributed by atoms with E-state index in [2.05, 4.69) is 20.6 Å². The average Bonchev–Trinajstić information content (AvgIpc) is 3.54. The van der Waals surface area contributed by atoms with Crippen LogP contribution in [0.15, 0.2) is 18.3 Å². The predicted octanol–water partition coefficient (Wildman–Crippen LogP) is 3.25. The molecule has 0 saturated heterocycles. The molecule has 2 N–H and O–H groups in total. The number of carbonyl (C=O) groups is 2. The Labute approximate surface area is 179 Å². The van der Waals surface area contributed by atoms with Crippen molar-refractivity contribution in [3.8, 4) is 17.1 Å². The monoisotopic (exact) mass is 429 g/mol. The number of nitrogens with one attached hydrogen (secondary N) is 1. The third-order valence-electron chi connectivity index (χ3n) is 5.88. The summed E-state index contributed by atoms with van der Waals surface area (Å²) >= 11 is 0. The van der Waals surface area contributed by atoms with Crippen LogP contribution in [0.3, 0.4) is 0 Å². The van der Waals surface area contributed by atoms with Crippen molar-refractivity contribution in [2.45, 2.75) is 57.7 Å². The molecule has 166 valence electrons. The highest BCUT2D eigenvalue weighted by molar-refractivity contribution is 5.88. The third-order valence-corrected chi connectivity index (χ3v) is 5.88. The van der Waals surface area contributed by atoms with Crippen molar-refractivity contribution in [2.24, 2.45) is 18.9 Å². The van der Waals surface area contributed by atoms with E-state index in [0.717, 1.165) is 25.7 Å². The van der Waals surface area contributed by atoms with Gasteiger partial charge in [-0.3, -0.25) is 15.1 Å². The topological polar surface area (TPSA) is 128 Å². The normalized spacial score (nSPS) is 21.9. The van der Waals surface area contributed by atoms with Gasteiger partial charge in [0.25, 0.3) is 0 Å². The number of nitrogens with zero attached hydrogens (tertiary/aromatic N) is 4. The van der Waals surface area contributed by atoms with Crippen LogP contribution in [0, 0.1) is 11.8 Å². The number of aromatic nitrogens is 4. The minimum absolute atomic E-state index is 0.125. The fraction of sp³-hybridized carbons (Fsp3) is 0.571. The van der Waals surface area contributed by atoms with E-state index in [1.807, 2.05) is 6.92 Å². The Morgan fingerprint density at radius 3 is 2.74 bits per heavy atom. The molecule has 2 heterocycles. The van der Waals surface area contributed by atoms with E-state index in [1.54, 1.807) is 25.4 Å². The summed E-state index contributed by atoms with van der Waals surface area (Å²) in [6, 6.07) is 3.50. The molecular weight excluding hydrogens is 402 g/mol. The van der Waals surface area contributed by atoms with Gasteiger partial charge in [-0.2, -0.15) is 0 Å². The molecule has 31 heavy (non-hydrogen) atoms. The van der Waals surface area contributed by atoms with Crippen LogP contribution in [0.1, 0.15) is 45.4 Å². The van der Waals surface area contributed by atoms with Gasteiger partial charge >= 0.3 is 12.1 Å². The number of hydrogen-bond donors (Lipinski definition) is 2. The molecule has 2 aromatic rings. The number of aryl methyl sites for hydroxylation is 1. The van der Waals surface area contributed by atoms with Crippen molar-refractivity contribution in [3.63, 3.8) is 0 Å². The lowest BCUT2D eigenvalue weighted by molar-refractivity contribution is -0.143. The van der Waals surface area contributed by atoms with Crippen molar-refractivity contribution < 1.29 is 24.2 Å². The van der Waals surface area contributed by atoms with Gasteiger partial charge in [-0.15, -0.1) is 5.10 Å². The number of carboxylic acids is 1. The number of hydrogen-bond acceptors (Lipinski definition) is 7. The Morgan fingerprint density at radius 1 is 1.26 bits per heavy atom. The SMILES string of the molecule is CC(OC(=O)Nc1c(-c2ccc(O[C@H]3CCC[C@H](C(=O)O)C3)cn2)nnn1C)C1CC1. The van der Waals surface area contributed by atoms with E-state index in [4.69, 9.17) is 9.47 Å². The molecule has 2 aromatic heterocycles. The number of aliphatic carboxylic acids is 1. The lowest BCUT2D eigenvalue weighted by Crippen LogP contribution is -2.29. The van der Waals surface area contributed by atoms with Crippen LogP contribution in [-0.2, 0) is 16.6 Å². The molecule has 3 atom stereocenters. The van der Waals surface area contributed by atoms with Crippen molar-refractivity contribution in [1.82, 2.24) is 20.0 Å². The molecule has 2 aliphatic carbocycles. The number of carbonyl (C=O) groups excluding carboxylic acids is 1. The summed E-state index contributed by atoms with van der Waals surface area (Å²) in [4.78, 5) is 27.9. The molecule has 0 radical (unpaired) electrons. The van der Waals surface area contributed by atoms with Gasteiger partial charge < -0.3 is 14.6 Å². The fourth-order valence-corrected chi connectivity index (χ4v) is 3.89. The molecule has 4 rings (SSSR count). The van der Waals surface area contributed by atoms with Crippen LogP contribution in [-0.4, -0.2) is 49.4 Å². The maximum atomic E-state index is 12.3. The number of amides is 1. The zero-order valence-electron chi connectivity index (χ0n) is 17.7. The Hall–Kier alpha value is -3.17. The molecule has 2 fully saturated rings. The molecule has 2 saturated carbocycles. The largest absolute Gasteiger partial charge is 0.489 e. The second-order valence-corrected chi connectivity index (χ2v) is 8.30. The number of ether oxygens (including phenoxy) is 2. The Kier molecular flexibility index (Phi) is 6.06. The van der Waals surface area contributed by atoms with Crippen molar-refractivity contribution in [2.75, 3.05) is 5.32 Å². The molecule has 1 amide bonds. The minimum Gasteiger partial charge on any atom is -0.489 e. The van der Waals surface area contributed by atoms with E-state index in [0.29, 0.717) is 41.7 Å². The molecule has 10 nitrogen and oxygen atoms in total. The zero-order chi connectivity index (χ0) is 22.0. The van der Waals surface area contributed by atoms with Crippen LogP contribution in [0.2, 0.25) is 0 Å². The van der Waals surface area contributed by atoms with Gasteiger partial charge in [0, 0.05) is 7.05 Å². The molecule has 0 aliphatic heterocycles. The number of carboxylic acid groups (broad SMARTS) is 1. The standard InChI is InChI=1S/C21H27N5O5/c1-12(13-6-7-13)30-21(29)23-19-18(24-25-26(19)2)17-9-8-16(11-22-17)31-15-5-3-4-14(10-15)20(27)28/h8-9,11-15H,3-7,10H2,1-2H3,(H,23,29)(H,27,28)/t12?,14-,15-/m0/s1. The highest BCUT2D eigenvalue weighted by Gasteiger charge is 2.31. The van der Waals surface area contributed by atoms with Gasteiger partial charge in [-0.25, -0.2) is 9.48 Å². The van der Waals surface area contributed by atoms with Crippen LogP contribution in [0.4, 0.5) is 10.6 Å². The minimum atomic E-state index is -0.769. The maximum absolute atomic E-state index is 12.3. The van der Waals surface area contributed by atoms with E-state index < -0.39 is 12.1 Å². The van der Waals surface area contributed by atoms with Crippen molar-refractivity contribution in [3.05, 3.63) is 18.3 Å². The molecular formula is C21H27N5O5. The zero-order valence-corrected chi connectivity index (χ0v) is 17.7. The number of pyridine rings is 1. The second-order valence-electron chi connectivity index (χ2n) is 8.30. The summed E-state index contributed by atoms with van der Waals surface area (Å²) in [7, 11) is 1.68. The van der Waals surface area contributed by atoms with Gasteiger partial charge in [-0.1, -0.05) is 5.21 Å². The molecule has 0 aromatic carbocycles. The van der Waals surface area contributed by atoms with Crippen LogP contribution in [0.25, 0.3) is 11.4 Å². The summed E-state index contributed by atoms with van der Waals surface area (Å²) in [5, 5.41) is 20.0. The van der Waals surface area contributed by atoms with Gasteiger partial charge in [0.05, 0.1) is 23.9 Å². The number of rotatable bonds is 7. The first-order valence-corrected chi connectivity index (χ1v) is 10.6. The molecule has 2 aliphatic rings. The molecule has 0 bridgehead atoms. The van der Waals surface area contributed by atoms with E-state index in [1.165, 1.54) is 4.68 Å². The van der Waals surface area contributed by atoms with Gasteiger partial charge in [0.2, 0.25) is 0 Å². The lowest BCUT2D eigenvalue weighted by Gasteiger charge is -2.27. The Morgan fingerprint density at radius 2 is 2.06 bits per heavy atom. The first-order chi connectivity index (χ1) is 14.9. The quantitative estimate of drug-likeness (QED) is 0.686. The number of anilines is 1. The van der Waals surface area contributed by atoms with Gasteiger partial charge in [0.1, 0.15) is 11.9 Å². The third kappa shape index (κ3) is 5.12. The summed E-state index contributed by atoms with van der Waals surface area (Å²) in [6.07, 6.45) is 5.78. The molecule has 1 unspecified atom stereocenters. The molecule has 10 heteroatoms. The lowest BCUT2D eigenvalue weighted by atomic mass is 9.87. The predicted molar refractivity (Wildman–Crippen MR) is 111 cm³/mol. The van der Waals surface area contributed by atoms with Crippen LogP contribution >= 0.6 is 0 Å². The van der Waals surface area contributed by atoms with E-state index in [-0.39, 0.29) is 18.1 Å². The van der Waals surface area contributed by atoms with Crippen molar-refractivity contribution in [1.29, 1.82) is 0 Å². The Bertz CT molecular complexity index is 940. The highest BCUT2D eigenvalue weighted by Crippen LogP contribution is 2.34. The summed E-state index contributed by atoms with van der Waals surface area (Å²) in [6.45, 7) is 1.89. The van der Waals surface area contributed by atoms with E-state index in [9.17, 15) is 14.7 Å². The second kappa shape index (κ2) is 8.91.